The monoisotopic (exact) mass is 379 g/mol. The molecule has 0 atom stereocenters. The van der Waals surface area contributed by atoms with Gasteiger partial charge in [-0.05, 0) is 61.4 Å². The van der Waals surface area contributed by atoms with Crippen LogP contribution >= 0.6 is 0 Å². The second kappa shape index (κ2) is 13.5. The molecule has 1 N–H and O–H groups in total. The van der Waals surface area contributed by atoms with Crippen molar-refractivity contribution in [2.24, 2.45) is 10.2 Å². The summed E-state index contributed by atoms with van der Waals surface area (Å²) in [5.74, 6) is 0.848. The Kier molecular flexibility index (Phi) is 10.4. The third-order valence-electron chi connectivity index (χ3n) is 4.44. The van der Waals surface area contributed by atoms with Gasteiger partial charge in [-0.3, -0.25) is 0 Å². The number of aliphatic hydroxyl groups is 1. The number of unbranched alkanes of at least 4 members (excludes halogenated alkanes) is 7. The summed E-state index contributed by atoms with van der Waals surface area (Å²) in [6.45, 7) is 1.05. The largest absolute Gasteiger partial charge is 0.494 e. The summed E-state index contributed by atoms with van der Waals surface area (Å²) in [5.41, 5.74) is 2.09. The molecule has 0 bridgehead atoms. The standard InChI is InChI=1S/C23H29N3O2/c24-19-20-9-11-21(12-10-20)25-26-22-13-15-23(16-14-22)28-18-8-6-4-2-1-3-5-7-17-27/h9-16,27H,1-8,17-18H2. The zero-order chi connectivity index (χ0) is 19.9. The van der Waals surface area contributed by atoms with Gasteiger partial charge in [0, 0.05) is 6.61 Å². The zero-order valence-electron chi connectivity index (χ0n) is 16.4. The van der Waals surface area contributed by atoms with Crippen LogP contribution in [0.3, 0.4) is 0 Å². The minimum atomic E-state index is 0.318. The molecule has 0 saturated heterocycles. The first-order valence-electron chi connectivity index (χ1n) is 10.1. The van der Waals surface area contributed by atoms with Crippen LogP contribution in [0.25, 0.3) is 0 Å². The van der Waals surface area contributed by atoms with Gasteiger partial charge in [0.2, 0.25) is 0 Å². The van der Waals surface area contributed by atoms with Gasteiger partial charge in [-0.1, -0.05) is 38.5 Å². The lowest BCUT2D eigenvalue weighted by atomic mass is 10.1. The summed E-state index contributed by atoms with van der Waals surface area (Å²) in [4.78, 5) is 0. The highest BCUT2D eigenvalue weighted by molar-refractivity contribution is 5.44. The van der Waals surface area contributed by atoms with E-state index in [-0.39, 0.29) is 0 Å². The molecule has 0 saturated carbocycles. The zero-order valence-corrected chi connectivity index (χ0v) is 16.4. The first kappa shape index (κ1) is 21.6. The van der Waals surface area contributed by atoms with Crippen LogP contribution in [0.4, 0.5) is 11.4 Å². The number of aliphatic hydroxyl groups excluding tert-OH is 1. The fourth-order valence-electron chi connectivity index (χ4n) is 2.79. The fraction of sp³-hybridized carbons (Fsp3) is 0.435. The molecule has 0 unspecified atom stereocenters. The van der Waals surface area contributed by atoms with Crippen LogP contribution in [0.5, 0.6) is 5.75 Å². The van der Waals surface area contributed by atoms with E-state index >= 15 is 0 Å². The van der Waals surface area contributed by atoms with Crippen molar-refractivity contribution in [3.05, 3.63) is 54.1 Å². The Morgan fingerprint density at radius 3 is 1.75 bits per heavy atom. The summed E-state index contributed by atoms with van der Waals surface area (Å²) in [5, 5.41) is 25.9. The molecular weight excluding hydrogens is 350 g/mol. The highest BCUT2D eigenvalue weighted by Gasteiger charge is 1.97. The van der Waals surface area contributed by atoms with E-state index < -0.39 is 0 Å². The maximum Gasteiger partial charge on any atom is 0.119 e. The summed E-state index contributed by atoms with van der Waals surface area (Å²) in [7, 11) is 0. The van der Waals surface area contributed by atoms with Gasteiger partial charge in [0.1, 0.15) is 5.75 Å². The van der Waals surface area contributed by atoms with Gasteiger partial charge in [0.25, 0.3) is 0 Å². The van der Waals surface area contributed by atoms with Crippen LogP contribution in [0, 0.1) is 11.3 Å². The van der Waals surface area contributed by atoms with E-state index in [9.17, 15) is 0 Å². The molecule has 0 aliphatic heterocycles. The third-order valence-corrected chi connectivity index (χ3v) is 4.44. The van der Waals surface area contributed by atoms with Gasteiger partial charge in [-0.25, -0.2) is 0 Å². The van der Waals surface area contributed by atoms with E-state index in [4.69, 9.17) is 15.1 Å². The van der Waals surface area contributed by atoms with E-state index in [0.717, 1.165) is 37.3 Å². The predicted molar refractivity (Wildman–Crippen MR) is 111 cm³/mol. The van der Waals surface area contributed by atoms with E-state index in [1.54, 1.807) is 24.3 Å². The van der Waals surface area contributed by atoms with Crippen molar-refractivity contribution in [1.29, 1.82) is 5.26 Å². The van der Waals surface area contributed by atoms with Crippen molar-refractivity contribution in [2.75, 3.05) is 13.2 Å². The summed E-state index contributed by atoms with van der Waals surface area (Å²) in [6.07, 6.45) is 9.34. The van der Waals surface area contributed by atoms with Gasteiger partial charge in [-0.15, -0.1) is 0 Å². The Bertz CT molecular complexity index is 734. The number of hydrogen-bond acceptors (Lipinski definition) is 5. The van der Waals surface area contributed by atoms with E-state index in [1.165, 1.54) is 32.1 Å². The molecule has 0 aliphatic rings. The Hall–Kier alpha value is -2.71. The number of nitrogens with zero attached hydrogens (tertiary/aromatic N) is 3. The van der Waals surface area contributed by atoms with Crippen LogP contribution < -0.4 is 4.74 Å². The molecule has 2 rings (SSSR count). The van der Waals surface area contributed by atoms with Crippen molar-refractivity contribution in [3.8, 4) is 11.8 Å². The predicted octanol–water partition coefficient (Wildman–Crippen LogP) is 6.47. The Balaban J connectivity index is 1.60. The lowest BCUT2D eigenvalue weighted by Gasteiger charge is -2.06. The summed E-state index contributed by atoms with van der Waals surface area (Å²) < 4.78 is 5.78. The van der Waals surface area contributed by atoms with Crippen molar-refractivity contribution in [2.45, 2.75) is 51.4 Å². The first-order chi connectivity index (χ1) is 13.8. The molecule has 2 aromatic rings. The molecule has 0 heterocycles. The quantitative estimate of drug-likeness (QED) is 0.320. The van der Waals surface area contributed by atoms with E-state index in [1.807, 2.05) is 24.3 Å². The molecule has 28 heavy (non-hydrogen) atoms. The average Bonchev–Trinajstić information content (AvgIpc) is 2.75. The van der Waals surface area contributed by atoms with Crippen molar-refractivity contribution < 1.29 is 9.84 Å². The van der Waals surface area contributed by atoms with Gasteiger partial charge in [0.05, 0.1) is 29.6 Å². The SMILES string of the molecule is N#Cc1ccc(N=Nc2ccc(OCCCCCCCCCCO)cc2)cc1. The minimum absolute atomic E-state index is 0.318. The first-order valence-corrected chi connectivity index (χ1v) is 10.1. The molecule has 0 amide bonds. The van der Waals surface area contributed by atoms with Crippen LogP contribution in [0.2, 0.25) is 0 Å². The van der Waals surface area contributed by atoms with Gasteiger partial charge < -0.3 is 9.84 Å². The smallest absolute Gasteiger partial charge is 0.119 e. The highest BCUT2D eigenvalue weighted by Crippen LogP contribution is 2.21. The molecule has 148 valence electrons. The molecule has 5 heteroatoms. The average molecular weight is 380 g/mol. The van der Waals surface area contributed by atoms with Crippen LogP contribution in [0.15, 0.2) is 58.8 Å². The molecule has 5 nitrogen and oxygen atoms in total. The van der Waals surface area contributed by atoms with E-state index in [0.29, 0.717) is 17.9 Å². The Morgan fingerprint density at radius 2 is 1.21 bits per heavy atom. The highest BCUT2D eigenvalue weighted by atomic mass is 16.5. The van der Waals surface area contributed by atoms with Crippen LogP contribution in [0.1, 0.15) is 56.9 Å². The van der Waals surface area contributed by atoms with Crippen molar-refractivity contribution >= 4 is 11.4 Å². The number of benzene rings is 2. The maximum atomic E-state index is 8.79. The molecule has 0 aliphatic carbocycles. The number of ether oxygens (including phenoxy) is 1. The minimum Gasteiger partial charge on any atom is -0.494 e. The number of azo groups is 1. The van der Waals surface area contributed by atoms with Gasteiger partial charge >= 0.3 is 0 Å². The van der Waals surface area contributed by atoms with Gasteiger partial charge in [-0.2, -0.15) is 15.5 Å². The molecule has 2 aromatic carbocycles. The maximum absolute atomic E-state index is 8.79. The van der Waals surface area contributed by atoms with Gasteiger partial charge in [0.15, 0.2) is 0 Å². The third kappa shape index (κ3) is 8.79. The fourth-order valence-corrected chi connectivity index (χ4v) is 2.79. The molecule has 0 radical (unpaired) electrons. The second-order valence-corrected chi connectivity index (χ2v) is 6.75. The lowest BCUT2D eigenvalue weighted by Crippen LogP contribution is -1.96. The Labute approximate surface area is 167 Å². The lowest BCUT2D eigenvalue weighted by molar-refractivity contribution is 0.282. The van der Waals surface area contributed by atoms with Crippen LogP contribution in [-0.4, -0.2) is 18.3 Å². The van der Waals surface area contributed by atoms with Crippen LogP contribution in [-0.2, 0) is 0 Å². The summed E-state index contributed by atoms with van der Waals surface area (Å²) in [6, 6.07) is 16.7. The molecule has 0 aromatic heterocycles. The van der Waals surface area contributed by atoms with Crippen molar-refractivity contribution in [1.82, 2.24) is 0 Å². The number of rotatable bonds is 13. The molecule has 0 spiro atoms. The normalized spacial score (nSPS) is 10.9. The second-order valence-electron chi connectivity index (χ2n) is 6.75. The van der Waals surface area contributed by atoms with E-state index in [2.05, 4.69) is 16.3 Å². The molecule has 0 fully saturated rings. The number of hydrogen-bond donors (Lipinski definition) is 1. The summed E-state index contributed by atoms with van der Waals surface area (Å²) >= 11 is 0. The molecular formula is C23H29N3O2. The number of nitriles is 1. The Morgan fingerprint density at radius 1 is 0.714 bits per heavy atom. The topological polar surface area (TPSA) is 78.0 Å². The van der Waals surface area contributed by atoms with Crippen molar-refractivity contribution in [3.63, 3.8) is 0 Å².